The zero-order chi connectivity index (χ0) is 20.4. The topological polar surface area (TPSA) is 81.8 Å². The number of nitrogens with one attached hydrogen (secondary N) is 1. The molecule has 0 bridgehead atoms. The number of carbonyl (C=O) groups is 1. The second-order valence-corrected chi connectivity index (χ2v) is 7.19. The van der Waals surface area contributed by atoms with Crippen LogP contribution in [-0.4, -0.2) is 32.0 Å². The number of nitrogens with zero attached hydrogens (tertiary/aromatic N) is 4. The molecule has 4 rings (SSSR count). The molecule has 0 unspecified atom stereocenters. The quantitative estimate of drug-likeness (QED) is 0.717. The number of hydrogen-bond donors (Lipinski definition) is 1. The van der Waals surface area contributed by atoms with Gasteiger partial charge in [0.2, 0.25) is 0 Å². The van der Waals surface area contributed by atoms with E-state index in [0.29, 0.717) is 17.9 Å². The van der Waals surface area contributed by atoms with Crippen molar-refractivity contribution in [3.63, 3.8) is 0 Å². The van der Waals surface area contributed by atoms with Crippen LogP contribution in [-0.2, 0) is 26.4 Å². The van der Waals surface area contributed by atoms with E-state index in [0.717, 1.165) is 42.5 Å². The molecule has 0 radical (unpaired) electrons. The van der Waals surface area contributed by atoms with Crippen LogP contribution in [0.4, 0.5) is 4.39 Å². The molecule has 1 N–H and O–H groups in total. The first kappa shape index (κ1) is 19.0. The Bertz CT molecular complexity index is 1100. The molecule has 1 aliphatic rings. The van der Waals surface area contributed by atoms with Crippen molar-refractivity contribution < 1.29 is 9.18 Å². The van der Waals surface area contributed by atoms with Gasteiger partial charge in [-0.15, -0.1) is 0 Å². The number of amides is 1. The fraction of sp³-hybridized carbons (Fsp3) is 0.333. The van der Waals surface area contributed by atoms with E-state index in [2.05, 4.69) is 15.5 Å². The van der Waals surface area contributed by atoms with Gasteiger partial charge in [0.25, 0.3) is 11.5 Å². The van der Waals surface area contributed by atoms with E-state index in [-0.39, 0.29) is 23.8 Å². The summed E-state index contributed by atoms with van der Waals surface area (Å²) in [5.41, 5.74) is 3.59. The van der Waals surface area contributed by atoms with E-state index < -0.39 is 0 Å². The average molecular weight is 395 g/mol. The predicted molar refractivity (Wildman–Crippen MR) is 106 cm³/mol. The molecule has 2 heterocycles. The molecule has 0 spiro atoms. The highest BCUT2D eigenvalue weighted by atomic mass is 19.1. The minimum absolute atomic E-state index is 0.140. The Labute approximate surface area is 167 Å². The molecule has 1 amide bonds. The number of hydrogen-bond acceptors (Lipinski definition) is 4. The third kappa shape index (κ3) is 4.11. The molecule has 29 heavy (non-hydrogen) atoms. The number of carbonyl (C=O) groups excluding carboxylic acids is 1. The normalized spacial score (nSPS) is 13.2. The molecule has 0 fully saturated rings. The summed E-state index contributed by atoms with van der Waals surface area (Å²) in [6.07, 6.45) is 3.99. The first-order valence-corrected chi connectivity index (χ1v) is 9.69. The van der Waals surface area contributed by atoms with Gasteiger partial charge in [-0.1, -0.05) is 0 Å². The summed E-state index contributed by atoms with van der Waals surface area (Å²) < 4.78 is 16.0. The molecule has 0 atom stereocenters. The van der Waals surface area contributed by atoms with Gasteiger partial charge in [-0.2, -0.15) is 10.2 Å². The maximum atomic E-state index is 13.1. The number of halogens is 1. The monoisotopic (exact) mass is 395 g/mol. The van der Waals surface area contributed by atoms with Gasteiger partial charge in [0.15, 0.2) is 0 Å². The zero-order valence-electron chi connectivity index (χ0n) is 16.2. The molecular weight excluding hydrogens is 373 g/mol. The SMILES string of the molecule is Cn1nc(-c2ccc(F)cc2)cc1C(=O)NCCn1nc2c(cc1=O)CCCC2. The Morgan fingerprint density at radius 1 is 1.14 bits per heavy atom. The van der Waals surface area contributed by atoms with Crippen molar-refractivity contribution in [3.8, 4) is 11.3 Å². The third-order valence-corrected chi connectivity index (χ3v) is 5.14. The molecule has 0 saturated heterocycles. The smallest absolute Gasteiger partial charge is 0.269 e. The second-order valence-electron chi connectivity index (χ2n) is 7.19. The summed E-state index contributed by atoms with van der Waals surface area (Å²) in [5.74, 6) is -0.618. The van der Waals surface area contributed by atoms with Crippen LogP contribution in [0.2, 0.25) is 0 Å². The van der Waals surface area contributed by atoms with Crippen LogP contribution >= 0.6 is 0 Å². The summed E-state index contributed by atoms with van der Waals surface area (Å²) >= 11 is 0. The van der Waals surface area contributed by atoms with Gasteiger partial charge in [-0.05, 0) is 61.6 Å². The van der Waals surface area contributed by atoms with Crippen LogP contribution in [0.1, 0.15) is 34.6 Å². The first-order chi connectivity index (χ1) is 14.0. The van der Waals surface area contributed by atoms with Crippen LogP contribution in [0.5, 0.6) is 0 Å². The largest absolute Gasteiger partial charge is 0.349 e. The summed E-state index contributed by atoms with van der Waals surface area (Å²) in [4.78, 5) is 24.8. The summed E-state index contributed by atoms with van der Waals surface area (Å²) in [5, 5.41) is 11.6. The molecule has 3 aromatic rings. The Kier molecular flexibility index (Phi) is 5.24. The molecule has 2 aromatic heterocycles. The Balaban J connectivity index is 1.42. The molecular formula is C21H22FN5O2. The van der Waals surface area contributed by atoms with Crippen LogP contribution in [0, 0.1) is 5.82 Å². The molecule has 1 aromatic carbocycles. The fourth-order valence-electron chi connectivity index (χ4n) is 3.57. The van der Waals surface area contributed by atoms with Gasteiger partial charge in [0, 0.05) is 25.2 Å². The van der Waals surface area contributed by atoms with Gasteiger partial charge < -0.3 is 5.32 Å². The summed E-state index contributed by atoms with van der Waals surface area (Å²) in [6, 6.07) is 9.27. The van der Waals surface area contributed by atoms with Gasteiger partial charge in [-0.25, -0.2) is 9.07 Å². The zero-order valence-corrected chi connectivity index (χ0v) is 16.2. The lowest BCUT2D eigenvalue weighted by molar-refractivity contribution is 0.0942. The van der Waals surface area contributed by atoms with Crippen LogP contribution in [0.25, 0.3) is 11.3 Å². The molecule has 0 saturated carbocycles. The minimum Gasteiger partial charge on any atom is -0.349 e. The highest BCUT2D eigenvalue weighted by molar-refractivity contribution is 5.93. The van der Waals surface area contributed by atoms with Crippen molar-refractivity contribution in [2.45, 2.75) is 32.2 Å². The number of aromatic nitrogens is 4. The standard InChI is InChI=1S/C21H22FN5O2/c1-26-19(13-18(24-26)14-6-8-16(22)9-7-14)21(29)23-10-11-27-20(28)12-15-4-2-3-5-17(15)25-27/h6-9,12-13H,2-5,10-11H2,1H3,(H,23,29). The van der Waals surface area contributed by atoms with Crippen molar-refractivity contribution in [2.75, 3.05) is 6.54 Å². The maximum Gasteiger partial charge on any atom is 0.269 e. The van der Waals surface area contributed by atoms with Crippen molar-refractivity contribution >= 4 is 5.91 Å². The molecule has 7 nitrogen and oxygen atoms in total. The second kappa shape index (κ2) is 7.98. The lowest BCUT2D eigenvalue weighted by Gasteiger charge is -2.16. The number of aryl methyl sites for hydroxylation is 3. The van der Waals surface area contributed by atoms with Gasteiger partial charge in [0.05, 0.1) is 17.9 Å². The minimum atomic E-state index is -0.325. The summed E-state index contributed by atoms with van der Waals surface area (Å²) in [6.45, 7) is 0.585. The third-order valence-electron chi connectivity index (χ3n) is 5.14. The van der Waals surface area contributed by atoms with Gasteiger partial charge in [0.1, 0.15) is 11.5 Å². The lowest BCUT2D eigenvalue weighted by atomic mass is 9.97. The van der Waals surface area contributed by atoms with Crippen LogP contribution in [0.15, 0.2) is 41.2 Å². The Morgan fingerprint density at radius 3 is 2.69 bits per heavy atom. The molecule has 1 aliphatic carbocycles. The lowest BCUT2D eigenvalue weighted by Crippen LogP contribution is -2.33. The van der Waals surface area contributed by atoms with Crippen LogP contribution in [0.3, 0.4) is 0 Å². The van der Waals surface area contributed by atoms with Gasteiger partial charge >= 0.3 is 0 Å². The van der Waals surface area contributed by atoms with E-state index in [9.17, 15) is 14.0 Å². The van der Waals surface area contributed by atoms with Crippen molar-refractivity contribution in [1.82, 2.24) is 24.9 Å². The van der Waals surface area contributed by atoms with Crippen molar-refractivity contribution in [2.24, 2.45) is 7.05 Å². The molecule has 0 aliphatic heterocycles. The van der Waals surface area contributed by atoms with E-state index in [1.807, 2.05) is 0 Å². The Morgan fingerprint density at radius 2 is 1.90 bits per heavy atom. The van der Waals surface area contributed by atoms with Crippen LogP contribution < -0.4 is 10.9 Å². The maximum absolute atomic E-state index is 13.1. The van der Waals surface area contributed by atoms with E-state index in [1.54, 1.807) is 31.3 Å². The number of fused-ring (bicyclic) bond motifs is 1. The molecule has 8 heteroatoms. The van der Waals surface area contributed by atoms with E-state index >= 15 is 0 Å². The van der Waals surface area contributed by atoms with E-state index in [1.165, 1.54) is 21.5 Å². The highest BCUT2D eigenvalue weighted by Crippen LogP contribution is 2.19. The fourth-order valence-corrected chi connectivity index (χ4v) is 3.57. The van der Waals surface area contributed by atoms with Crippen molar-refractivity contribution in [3.05, 3.63) is 69.5 Å². The average Bonchev–Trinajstić information content (AvgIpc) is 3.10. The number of rotatable bonds is 5. The number of benzene rings is 1. The highest BCUT2D eigenvalue weighted by Gasteiger charge is 2.16. The predicted octanol–water partition coefficient (Wildman–Crippen LogP) is 2.09. The Hall–Kier alpha value is -3.29. The first-order valence-electron chi connectivity index (χ1n) is 9.69. The van der Waals surface area contributed by atoms with Crippen molar-refractivity contribution in [1.29, 1.82) is 0 Å². The van der Waals surface area contributed by atoms with E-state index in [4.69, 9.17) is 0 Å². The van der Waals surface area contributed by atoms with Gasteiger partial charge in [-0.3, -0.25) is 14.3 Å². The summed E-state index contributed by atoms with van der Waals surface area (Å²) in [7, 11) is 1.68. The molecule has 150 valence electrons.